The van der Waals surface area contributed by atoms with Gasteiger partial charge in [0.05, 0.1) is 0 Å². The Labute approximate surface area is 125 Å². The Morgan fingerprint density at radius 1 is 1.20 bits per heavy atom. The van der Waals surface area contributed by atoms with Crippen LogP contribution in [0.2, 0.25) is 0 Å². The molecule has 0 radical (unpaired) electrons. The van der Waals surface area contributed by atoms with Gasteiger partial charge in [-0.05, 0) is 49.5 Å². The standard InChI is InChI=1S/C17H24FNS/c1-12(13-6-3-2-4-7-13)19-16-10-11-20-17-14(16)8-5-9-15(17)18/h5,8-9,12-13,16,19H,2-4,6-7,10-11H2,1H3/t12-,16?/m0/s1. The number of fused-ring (bicyclic) bond motifs is 1. The highest BCUT2D eigenvalue weighted by Gasteiger charge is 2.27. The predicted molar refractivity (Wildman–Crippen MR) is 83.7 cm³/mol. The summed E-state index contributed by atoms with van der Waals surface area (Å²) in [5, 5.41) is 3.79. The maximum atomic E-state index is 13.9. The monoisotopic (exact) mass is 293 g/mol. The van der Waals surface area contributed by atoms with Gasteiger partial charge < -0.3 is 5.32 Å². The van der Waals surface area contributed by atoms with Crippen molar-refractivity contribution in [1.29, 1.82) is 0 Å². The van der Waals surface area contributed by atoms with Crippen LogP contribution >= 0.6 is 11.8 Å². The molecule has 2 atom stereocenters. The molecule has 3 heteroatoms. The third-order valence-corrected chi connectivity index (χ3v) is 6.01. The molecule has 0 amide bonds. The third kappa shape index (κ3) is 3.04. The van der Waals surface area contributed by atoms with Crippen LogP contribution in [0, 0.1) is 11.7 Å². The van der Waals surface area contributed by atoms with E-state index < -0.39 is 0 Å². The van der Waals surface area contributed by atoms with E-state index in [9.17, 15) is 4.39 Å². The zero-order valence-electron chi connectivity index (χ0n) is 12.2. The van der Waals surface area contributed by atoms with Gasteiger partial charge in [-0.3, -0.25) is 0 Å². The van der Waals surface area contributed by atoms with Gasteiger partial charge in [0.15, 0.2) is 0 Å². The molecule has 1 fully saturated rings. The maximum absolute atomic E-state index is 13.9. The van der Waals surface area contributed by atoms with Gasteiger partial charge in [0.25, 0.3) is 0 Å². The average Bonchev–Trinajstić information content (AvgIpc) is 2.49. The molecule has 1 aromatic carbocycles. The Kier molecular flexibility index (Phi) is 4.67. The van der Waals surface area contributed by atoms with Crippen molar-refractivity contribution in [1.82, 2.24) is 5.32 Å². The van der Waals surface area contributed by atoms with Crippen molar-refractivity contribution in [2.45, 2.75) is 62.4 Å². The molecular formula is C17H24FNS. The minimum atomic E-state index is -0.0516. The lowest BCUT2D eigenvalue weighted by molar-refractivity contribution is 0.261. The summed E-state index contributed by atoms with van der Waals surface area (Å²) in [5.74, 6) is 1.77. The predicted octanol–water partition coefficient (Wildman–Crippen LogP) is 4.92. The summed E-state index contributed by atoms with van der Waals surface area (Å²) in [6.45, 7) is 2.32. The summed E-state index contributed by atoms with van der Waals surface area (Å²) in [6, 6.07) is 6.40. The number of hydrogen-bond acceptors (Lipinski definition) is 2. The van der Waals surface area contributed by atoms with Crippen LogP contribution in [0.5, 0.6) is 0 Å². The van der Waals surface area contributed by atoms with Gasteiger partial charge >= 0.3 is 0 Å². The van der Waals surface area contributed by atoms with Crippen LogP contribution in [0.3, 0.4) is 0 Å². The molecule has 2 aliphatic rings. The van der Waals surface area contributed by atoms with Crippen molar-refractivity contribution < 1.29 is 4.39 Å². The Hall–Kier alpha value is -0.540. The molecule has 1 unspecified atom stereocenters. The normalized spacial score (nSPS) is 25.2. The quantitative estimate of drug-likeness (QED) is 0.849. The number of rotatable bonds is 3. The van der Waals surface area contributed by atoms with E-state index in [0.29, 0.717) is 12.1 Å². The van der Waals surface area contributed by atoms with E-state index in [1.165, 1.54) is 37.7 Å². The van der Waals surface area contributed by atoms with Crippen molar-refractivity contribution in [3.63, 3.8) is 0 Å². The fraction of sp³-hybridized carbons (Fsp3) is 0.647. The summed E-state index contributed by atoms with van der Waals surface area (Å²) >= 11 is 1.67. The van der Waals surface area contributed by atoms with Crippen LogP contribution in [0.25, 0.3) is 0 Å². The van der Waals surface area contributed by atoms with E-state index in [1.54, 1.807) is 17.8 Å². The van der Waals surface area contributed by atoms with Gasteiger partial charge in [-0.1, -0.05) is 31.4 Å². The molecule has 110 valence electrons. The largest absolute Gasteiger partial charge is 0.307 e. The van der Waals surface area contributed by atoms with Gasteiger partial charge in [-0.2, -0.15) is 0 Å². The third-order valence-electron chi connectivity index (χ3n) is 4.85. The van der Waals surface area contributed by atoms with Crippen LogP contribution in [0.1, 0.15) is 57.1 Å². The van der Waals surface area contributed by atoms with Gasteiger partial charge in [-0.15, -0.1) is 11.8 Å². The lowest BCUT2D eigenvalue weighted by atomic mass is 9.84. The smallest absolute Gasteiger partial charge is 0.137 e. The fourth-order valence-corrected chi connectivity index (χ4v) is 4.79. The van der Waals surface area contributed by atoms with Gasteiger partial charge in [0, 0.05) is 17.0 Å². The van der Waals surface area contributed by atoms with Gasteiger partial charge in [0.1, 0.15) is 5.82 Å². The Morgan fingerprint density at radius 2 is 2.00 bits per heavy atom. The first kappa shape index (κ1) is 14.4. The number of benzene rings is 1. The number of nitrogens with one attached hydrogen (secondary N) is 1. The molecule has 1 nitrogen and oxygen atoms in total. The zero-order valence-corrected chi connectivity index (χ0v) is 13.0. The molecule has 1 N–H and O–H groups in total. The van der Waals surface area contributed by atoms with E-state index >= 15 is 0 Å². The Morgan fingerprint density at radius 3 is 2.80 bits per heavy atom. The van der Waals surface area contributed by atoms with E-state index in [1.807, 2.05) is 6.07 Å². The van der Waals surface area contributed by atoms with E-state index in [4.69, 9.17) is 0 Å². The first-order valence-corrected chi connectivity index (χ1v) is 8.91. The number of thioether (sulfide) groups is 1. The molecule has 0 aromatic heterocycles. The van der Waals surface area contributed by atoms with Crippen LogP contribution in [-0.2, 0) is 0 Å². The molecule has 0 spiro atoms. The molecule has 1 aliphatic heterocycles. The van der Waals surface area contributed by atoms with E-state index in [-0.39, 0.29) is 5.82 Å². The average molecular weight is 293 g/mol. The first-order valence-electron chi connectivity index (χ1n) is 7.93. The molecular weight excluding hydrogens is 269 g/mol. The second-order valence-corrected chi connectivity index (χ2v) is 7.31. The highest BCUT2D eigenvalue weighted by Crippen LogP contribution is 2.38. The number of halogens is 1. The molecule has 1 aromatic rings. The molecule has 3 rings (SSSR count). The molecule has 1 heterocycles. The summed E-state index contributed by atoms with van der Waals surface area (Å²) in [7, 11) is 0. The van der Waals surface area contributed by atoms with Crippen molar-refractivity contribution >= 4 is 11.8 Å². The highest BCUT2D eigenvalue weighted by molar-refractivity contribution is 7.99. The summed E-state index contributed by atoms with van der Waals surface area (Å²) in [6.07, 6.45) is 7.97. The van der Waals surface area contributed by atoms with Crippen LogP contribution in [-0.4, -0.2) is 11.8 Å². The van der Waals surface area contributed by atoms with E-state index in [0.717, 1.165) is 23.0 Å². The van der Waals surface area contributed by atoms with E-state index in [2.05, 4.69) is 18.3 Å². The number of hydrogen-bond donors (Lipinski definition) is 1. The minimum Gasteiger partial charge on any atom is -0.307 e. The summed E-state index contributed by atoms with van der Waals surface area (Å²) in [5.41, 5.74) is 1.17. The topological polar surface area (TPSA) is 12.0 Å². The molecule has 1 saturated carbocycles. The second-order valence-electron chi connectivity index (χ2n) is 6.20. The Balaban J connectivity index is 1.71. The lowest BCUT2D eigenvalue weighted by Crippen LogP contribution is -2.38. The molecule has 0 bridgehead atoms. The minimum absolute atomic E-state index is 0.0516. The summed E-state index contributed by atoms with van der Waals surface area (Å²) in [4.78, 5) is 0.868. The molecule has 0 saturated heterocycles. The van der Waals surface area contributed by atoms with Crippen molar-refractivity contribution in [2.24, 2.45) is 5.92 Å². The van der Waals surface area contributed by atoms with Crippen molar-refractivity contribution in [2.75, 3.05) is 5.75 Å². The van der Waals surface area contributed by atoms with Crippen LogP contribution < -0.4 is 5.32 Å². The van der Waals surface area contributed by atoms with Gasteiger partial charge in [-0.25, -0.2) is 4.39 Å². The summed E-state index contributed by atoms with van der Waals surface area (Å²) < 4.78 is 13.9. The van der Waals surface area contributed by atoms with Gasteiger partial charge in [0.2, 0.25) is 0 Å². The Bertz CT molecular complexity index is 456. The maximum Gasteiger partial charge on any atom is 0.137 e. The first-order chi connectivity index (χ1) is 9.75. The van der Waals surface area contributed by atoms with Crippen LogP contribution in [0.4, 0.5) is 4.39 Å². The lowest BCUT2D eigenvalue weighted by Gasteiger charge is -2.34. The van der Waals surface area contributed by atoms with Crippen molar-refractivity contribution in [3.8, 4) is 0 Å². The zero-order chi connectivity index (χ0) is 13.9. The molecule has 1 aliphatic carbocycles. The SMILES string of the molecule is C[C@H](NC1CCSc2c(F)cccc21)C1CCCCC1. The fourth-order valence-electron chi connectivity index (χ4n) is 3.65. The van der Waals surface area contributed by atoms with Crippen LogP contribution in [0.15, 0.2) is 23.1 Å². The molecule has 20 heavy (non-hydrogen) atoms. The van der Waals surface area contributed by atoms with Crippen molar-refractivity contribution in [3.05, 3.63) is 29.6 Å². The second kappa shape index (κ2) is 6.48. The highest BCUT2D eigenvalue weighted by atomic mass is 32.2.